The van der Waals surface area contributed by atoms with Crippen molar-refractivity contribution in [2.45, 2.75) is 49.6 Å². The van der Waals surface area contributed by atoms with Gasteiger partial charge in [-0.25, -0.2) is 18.8 Å². The molecule has 0 bridgehead atoms. The molecular formula is C18H20BrN5O4S. The average molecular weight is 482 g/mol. The molecule has 1 aromatic carbocycles. The van der Waals surface area contributed by atoms with E-state index in [1.165, 1.54) is 22.0 Å². The molecule has 2 heterocycles. The van der Waals surface area contributed by atoms with Crippen molar-refractivity contribution in [2.24, 2.45) is 9.50 Å². The third-order valence-corrected chi connectivity index (χ3v) is 8.03. The molecule has 1 unspecified atom stereocenters. The molecule has 11 heteroatoms. The molecule has 1 aromatic heterocycles. The van der Waals surface area contributed by atoms with E-state index in [9.17, 15) is 14.1 Å². The van der Waals surface area contributed by atoms with E-state index in [0.29, 0.717) is 6.54 Å². The topological polar surface area (TPSA) is 132 Å². The Bertz CT molecular complexity index is 1170. The maximum Gasteiger partial charge on any atom is 0.354 e. The van der Waals surface area contributed by atoms with E-state index in [0.717, 1.165) is 53.4 Å². The lowest BCUT2D eigenvalue weighted by molar-refractivity contribution is 0.130. The Morgan fingerprint density at radius 3 is 2.76 bits per heavy atom. The van der Waals surface area contributed by atoms with Gasteiger partial charge in [0.1, 0.15) is 11.0 Å². The van der Waals surface area contributed by atoms with Gasteiger partial charge >= 0.3 is 6.03 Å². The number of aromatic nitrogens is 2. The molecule has 3 aliphatic rings. The van der Waals surface area contributed by atoms with Gasteiger partial charge in [-0.15, -0.1) is 4.36 Å². The molecule has 0 spiro atoms. The van der Waals surface area contributed by atoms with Crippen LogP contribution >= 0.6 is 15.9 Å². The summed E-state index contributed by atoms with van der Waals surface area (Å²) in [5.41, 5.74) is 5.51. The van der Waals surface area contributed by atoms with E-state index in [1.54, 1.807) is 0 Å². The molecule has 0 radical (unpaired) electrons. The first-order chi connectivity index (χ1) is 13.9. The van der Waals surface area contributed by atoms with Gasteiger partial charge < -0.3 is 15.2 Å². The zero-order valence-corrected chi connectivity index (χ0v) is 17.9. The van der Waals surface area contributed by atoms with Crippen LogP contribution in [0.2, 0.25) is 0 Å². The monoisotopic (exact) mass is 481 g/mol. The van der Waals surface area contributed by atoms with Crippen molar-refractivity contribution >= 4 is 37.6 Å². The summed E-state index contributed by atoms with van der Waals surface area (Å²) in [6.07, 6.45) is 5.59. The van der Waals surface area contributed by atoms with E-state index in [1.807, 2.05) is 0 Å². The lowest BCUT2D eigenvalue weighted by atomic mass is 9.83. The molecule has 2 aromatic rings. The van der Waals surface area contributed by atoms with Crippen molar-refractivity contribution in [1.82, 2.24) is 9.78 Å². The van der Waals surface area contributed by atoms with Gasteiger partial charge in [0, 0.05) is 10.2 Å². The third-order valence-electron chi connectivity index (χ3n) is 5.72. The lowest BCUT2D eigenvalue weighted by Gasteiger charge is -2.27. The maximum absolute atomic E-state index is 13.0. The first-order valence-electron chi connectivity index (χ1n) is 9.43. The number of aliphatic hydroxyl groups is 1. The quantitative estimate of drug-likeness (QED) is 0.615. The highest BCUT2D eigenvalue weighted by Gasteiger charge is 2.32. The summed E-state index contributed by atoms with van der Waals surface area (Å²) in [6, 6.07) is -0.750. The van der Waals surface area contributed by atoms with E-state index < -0.39 is 22.1 Å². The summed E-state index contributed by atoms with van der Waals surface area (Å²) in [7, 11) is -3.56. The summed E-state index contributed by atoms with van der Waals surface area (Å²) in [5.74, 6) is 0.182. The van der Waals surface area contributed by atoms with Crippen molar-refractivity contribution < 1.29 is 18.8 Å². The molecule has 29 heavy (non-hydrogen) atoms. The van der Waals surface area contributed by atoms with E-state index in [-0.39, 0.29) is 17.4 Å². The van der Waals surface area contributed by atoms with E-state index in [2.05, 4.69) is 30.7 Å². The fraction of sp³-hybridized carbons (Fsp3) is 0.444. The van der Waals surface area contributed by atoms with Crippen LogP contribution in [0.15, 0.2) is 19.9 Å². The molecule has 1 aliphatic heterocycles. The second-order valence-electron chi connectivity index (χ2n) is 7.47. The number of halogens is 1. The van der Waals surface area contributed by atoms with Crippen LogP contribution in [0.4, 0.5) is 10.5 Å². The van der Waals surface area contributed by atoms with Crippen molar-refractivity contribution in [2.75, 3.05) is 11.9 Å². The van der Waals surface area contributed by atoms with Gasteiger partial charge in [0.05, 0.1) is 19.3 Å². The number of carbonyl (C=O) groups excluding carboxylic acids is 1. The van der Waals surface area contributed by atoms with Crippen LogP contribution in [-0.4, -0.2) is 37.8 Å². The minimum Gasteiger partial charge on any atom is -0.469 e. The van der Waals surface area contributed by atoms with E-state index in [4.69, 9.17) is 9.88 Å². The highest BCUT2D eigenvalue weighted by Crippen LogP contribution is 2.45. The minimum absolute atomic E-state index is 0.0534. The molecule has 2 amide bonds. The minimum atomic E-state index is -3.56. The Hall–Kier alpha value is -1.95. The predicted octanol–water partition coefficient (Wildman–Crippen LogP) is 1.92. The van der Waals surface area contributed by atoms with Gasteiger partial charge in [0.2, 0.25) is 5.88 Å². The molecule has 2 atom stereocenters. The van der Waals surface area contributed by atoms with Crippen molar-refractivity contribution in [3.05, 3.63) is 32.9 Å². The molecule has 0 fully saturated rings. The maximum atomic E-state index is 13.0. The smallest absolute Gasteiger partial charge is 0.354 e. The van der Waals surface area contributed by atoms with Crippen LogP contribution in [0.25, 0.3) is 0 Å². The Morgan fingerprint density at radius 1 is 1.34 bits per heavy atom. The SMILES string of the molecule is NS(=O)(=NC(=O)Nc1c2c(c(Br)c3c1CC3)CCC2)c1cnn2c1O[C@@H](CO)C2. The molecule has 4 N–H and O–H groups in total. The van der Waals surface area contributed by atoms with Gasteiger partial charge in [-0.3, -0.25) is 0 Å². The van der Waals surface area contributed by atoms with Crippen LogP contribution in [0.1, 0.15) is 28.7 Å². The van der Waals surface area contributed by atoms with Gasteiger partial charge in [-0.2, -0.15) is 5.10 Å². The van der Waals surface area contributed by atoms with Crippen molar-refractivity contribution in [3.63, 3.8) is 0 Å². The number of aliphatic hydroxyl groups excluding tert-OH is 1. The number of ether oxygens (including phenoxy) is 1. The first kappa shape index (κ1) is 19.0. The number of urea groups is 1. The molecule has 0 saturated carbocycles. The molecule has 154 valence electrons. The summed E-state index contributed by atoms with van der Waals surface area (Å²) < 4.78 is 24.9. The fourth-order valence-electron chi connectivity index (χ4n) is 4.26. The third kappa shape index (κ3) is 2.98. The van der Waals surface area contributed by atoms with Gasteiger partial charge in [-0.05, 0) is 54.4 Å². The van der Waals surface area contributed by atoms with Crippen LogP contribution in [0, 0.1) is 0 Å². The molecule has 5 rings (SSSR count). The van der Waals surface area contributed by atoms with Crippen molar-refractivity contribution in [1.29, 1.82) is 0 Å². The summed E-state index contributed by atoms with van der Waals surface area (Å²) >= 11 is 3.70. The number of nitrogens with zero attached hydrogens (tertiary/aromatic N) is 3. The van der Waals surface area contributed by atoms with Crippen LogP contribution in [0.5, 0.6) is 5.88 Å². The Kier molecular flexibility index (Phi) is 4.46. The number of anilines is 1. The highest BCUT2D eigenvalue weighted by atomic mass is 79.9. The number of hydrogen-bond donors (Lipinski definition) is 3. The Balaban J connectivity index is 1.47. The van der Waals surface area contributed by atoms with E-state index >= 15 is 0 Å². The zero-order chi connectivity index (χ0) is 20.3. The fourth-order valence-corrected chi connectivity index (χ4v) is 6.13. The number of hydrogen-bond acceptors (Lipinski definition) is 5. The average Bonchev–Trinajstić information content (AvgIpc) is 3.33. The number of fused-ring (bicyclic) bond motifs is 3. The second kappa shape index (κ2) is 6.79. The number of benzene rings is 1. The summed E-state index contributed by atoms with van der Waals surface area (Å²) in [5, 5.41) is 22.1. The first-order valence-corrected chi connectivity index (χ1v) is 11.8. The van der Waals surface area contributed by atoms with Crippen LogP contribution in [-0.2, 0) is 42.1 Å². The predicted molar refractivity (Wildman–Crippen MR) is 109 cm³/mol. The lowest BCUT2D eigenvalue weighted by Crippen LogP contribution is -2.22. The number of nitrogens with two attached hydrogens (primary N) is 1. The summed E-state index contributed by atoms with van der Waals surface area (Å²) in [6.45, 7) is 0.122. The summed E-state index contributed by atoms with van der Waals surface area (Å²) in [4.78, 5) is 12.7. The number of carbonyl (C=O) groups is 1. The molecule has 2 aliphatic carbocycles. The molecule has 0 saturated heterocycles. The van der Waals surface area contributed by atoms with Gasteiger partial charge in [0.15, 0.2) is 9.92 Å². The molecular weight excluding hydrogens is 462 g/mol. The van der Waals surface area contributed by atoms with Gasteiger partial charge in [-0.1, -0.05) is 15.9 Å². The number of nitrogens with one attached hydrogen (secondary N) is 1. The zero-order valence-electron chi connectivity index (χ0n) is 15.5. The second-order valence-corrected chi connectivity index (χ2v) is 10.0. The van der Waals surface area contributed by atoms with Crippen molar-refractivity contribution in [3.8, 4) is 5.88 Å². The van der Waals surface area contributed by atoms with Gasteiger partial charge in [0.25, 0.3) is 0 Å². The number of amides is 2. The Labute approximate surface area is 176 Å². The highest BCUT2D eigenvalue weighted by molar-refractivity contribution is 9.10. The Morgan fingerprint density at radius 2 is 2.03 bits per heavy atom. The standard InChI is InChI=1S/C18H20BrN5O4S/c19-15-10-2-1-3-12(10)16(13-5-4-11(13)15)22-18(26)23-29(20,27)14-6-21-24-7-9(8-25)28-17(14)24/h6,9,25H,1-5,7-8H2,(H3,20,22,23,26,27)/t9-,29?/m1/s1. The largest absolute Gasteiger partial charge is 0.469 e. The normalized spacial score (nSPS) is 20.7. The van der Waals surface area contributed by atoms with Crippen LogP contribution in [0.3, 0.4) is 0 Å². The van der Waals surface area contributed by atoms with Crippen LogP contribution < -0.4 is 15.2 Å². The number of rotatable bonds is 3. The molecule has 9 nitrogen and oxygen atoms in total.